The minimum Gasteiger partial charge on any atom is -0.466 e. The van der Waals surface area contributed by atoms with Crippen LogP contribution in [0.1, 0.15) is 483 Å². The van der Waals surface area contributed by atoms with Crippen LogP contribution in [0.5, 0.6) is 0 Å². The van der Waals surface area contributed by atoms with Crippen LogP contribution >= 0.6 is 0 Å². The molecule has 0 aliphatic carbocycles. The maximum Gasteiger partial charge on any atom is 0.305 e. The molecule has 0 spiro atoms. The minimum absolute atomic E-state index is 0.0174. The summed E-state index contributed by atoms with van der Waals surface area (Å²) in [5.74, 6) is -0.00973. The highest BCUT2D eigenvalue weighted by molar-refractivity contribution is 5.76. The summed E-state index contributed by atoms with van der Waals surface area (Å²) in [7, 11) is 0. The number of carbonyl (C=O) groups is 2. The first-order chi connectivity index (χ1) is 46.0. The third-order valence-corrected chi connectivity index (χ3v) is 20.2. The van der Waals surface area contributed by atoms with Gasteiger partial charge in [-0.15, -0.1) is 0 Å². The number of hydrogen-bond acceptors (Lipinski definition) is 5. The first-order valence-corrected chi connectivity index (χ1v) is 42.7. The van der Waals surface area contributed by atoms with Gasteiger partial charge in [0.1, 0.15) is 0 Å². The van der Waals surface area contributed by atoms with Crippen molar-refractivity contribution in [1.29, 1.82) is 0 Å². The molecule has 0 aromatic carbocycles. The van der Waals surface area contributed by atoms with Gasteiger partial charge in [0.25, 0.3) is 0 Å². The summed E-state index contributed by atoms with van der Waals surface area (Å²) in [5, 5.41) is 23.5. The highest BCUT2D eigenvalue weighted by atomic mass is 16.5. The summed E-state index contributed by atoms with van der Waals surface area (Å²) in [6, 6.07) is -0.541. The number of carbonyl (C=O) groups excluding carboxylic acids is 2. The first-order valence-electron chi connectivity index (χ1n) is 42.7. The maximum absolute atomic E-state index is 12.6. The van der Waals surface area contributed by atoms with Gasteiger partial charge in [-0.1, -0.05) is 423 Å². The van der Waals surface area contributed by atoms with Crippen LogP contribution in [0, 0.1) is 0 Å². The Hall–Kier alpha value is -1.92. The van der Waals surface area contributed by atoms with Gasteiger partial charge in [0, 0.05) is 12.8 Å². The van der Waals surface area contributed by atoms with Crippen molar-refractivity contribution in [3.8, 4) is 0 Å². The van der Waals surface area contributed by atoms with E-state index in [1.807, 2.05) is 0 Å². The predicted octanol–water partition coefficient (Wildman–Crippen LogP) is 28.6. The quantitative estimate of drug-likeness (QED) is 0.0320. The molecule has 0 radical (unpaired) electrons. The number of allylic oxidation sites excluding steroid dienone is 6. The standard InChI is InChI=1S/C87H167NO5/c1-3-5-7-9-11-13-15-17-19-21-23-24-40-44-47-51-55-59-63-67-71-75-79-85(90)84(83-89)88-86(91)80-76-72-68-64-60-56-52-48-45-41-38-36-34-32-30-28-26-25-27-29-31-33-35-37-39-42-46-50-54-58-62-66-70-74-78-82-93-87(92)81-77-73-69-65-61-57-53-49-43-22-20-18-16-14-12-10-8-6-4-2/h18,20,27,29,33,35,84-85,89-90H,3-17,19,21-26,28,30-32,34,36-83H2,1-2H3,(H,88,91)/b20-18-,29-27-,35-33-. The van der Waals surface area contributed by atoms with Crippen molar-refractivity contribution in [3.05, 3.63) is 36.5 Å². The van der Waals surface area contributed by atoms with Gasteiger partial charge in [-0.05, 0) is 83.5 Å². The molecule has 0 fully saturated rings. The highest BCUT2D eigenvalue weighted by Gasteiger charge is 2.20. The Balaban J connectivity index is 3.36. The molecule has 1 amide bonds. The van der Waals surface area contributed by atoms with E-state index in [1.165, 1.54) is 405 Å². The van der Waals surface area contributed by atoms with Crippen molar-refractivity contribution < 1.29 is 24.5 Å². The fraction of sp³-hybridized carbons (Fsp3) is 0.908. The smallest absolute Gasteiger partial charge is 0.305 e. The van der Waals surface area contributed by atoms with Crippen molar-refractivity contribution in [1.82, 2.24) is 5.32 Å². The topological polar surface area (TPSA) is 95.9 Å². The number of ether oxygens (including phenoxy) is 1. The summed E-state index contributed by atoms with van der Waals surface area (Å²) in [6.07, 6.45) is 108. The van der Waals surface area contributed by atoms with Crippen LogP contribution in [0.4, 0.5) is 0 Å². The molecule has 0 bridgehead atoms. The average molecular weight is 1310 g/mol. The summed E-state index contributed by atoms with van der Waals surface area (Å²) in [6.45, 7) is 5.00. The zero-order valence-electron chi connectivity index (χ0n) is 63.3. The molecule has 2 unspecified atom stereocenters. The van der Waals surface area contributed by atoms with E-state index in [0.29, 0.717) is 25.9 Å². The van der Waals surface area contributed by atoms with E-state index in [0.717, 1.165) is 44.9 Å². The Kier molecular flexibility index (Phi) is 80.8. The molecule has 0 aromatic heterocycles. The molecule has 6 heteroatoms. The van der Waals surface area contributed by atoms with Crippen molar-refractivity contribution >= 4 is 11.9 Å². The van der Waals surface area contributed by atoms with Crippen LogP contribution in [0.3, 0.4) is 0 Å². The molecule has 93 heavy (non-hydrogen) atoms. The minimum atomic E-state index is -0.664. The number of nitrogens with one attached hydrogen (secondary N) is 1. The van der Waals surface area contributed by atoms with Gasteiger partial charge in [0.05, 0.1) is 25.4 Å². The monoisotopic (exact) mass is 1310 g/mol. The summed E-state index contributed by atoms with van der Waals surface area (Å²) >= 11 is 0. The fourth-order valence-electron chi connectivity index (χ4n) is 13.7. The van der Waals surface area contributed by atoms with E-state index in [1.54, 1.807) is 0 Å². The third-order valence-electron chi connectivity index (χ3n) is 20.2. The van der Waals surface area contributed by atoms with Gasteiger partial charge in [-0.2, -0.15) is 0 Å². The van der Waals surface area contributed by atoms with Crippen LogP contribution in [0.25, 0.3) is 0 Å². The number of aliphatic hydroxyl groups is 2. The molecule has 0 rings (SSSR count). The lowest BCUT2D eigenvalue weighted by molar-refractivity contribution is -0.143. The highest BCUT2D eigenvalue weighted by Crippen LogP contribution is 2.20. The van der Waals surface area contributed by atoms with Gasteiger partial charge < -0.3 is 20.3 Å². The molecule has 3 N–H and O–H groups in total. The van der Waals surface area contributed by atoms with Crippen LogP contribution in [-0.4, -0.2) is 47.4 Å². The molecule has 0 heterocycles. The molecular formula is C87H167NO5. The van der Waals surface area contributed by atoms with Crippen molar-refractivity contribution in [2.75, 3.05) is 13.2 Å². The number of hydrogen-bond donors (Lipinski definition) is 3. The lowest BCUT2D eigenvalue weighted by Crippen LogP contribution is -2.45. The second kappa shape index (κ2) is 82.5. The largest absolute Gasteiger partial charge is 0.466 e. The number of unbranched alkanes of at least 4 members (excludes halogenated alkanes) is 64. The number of amides is 1. The number of rotatable bonds is 81. The van der Waals surface area contributed by atoms with Gasteiger partial charge in [-0.3, -0.25) is 9.59 Å². The van der Waals surface area contributed by atoms with Crippen molar-refractivity contribution in [3.63, 3.8) is 0 Å². The second-order valence-electron chi connectivity index (χ2n) is 29.5. The zero-order chi connectivity index (χ0) is 67.0. The SMILES string of the molecule is CCCCCCCC/C=C\CCCCCCCCCCCC(=O)OCCCCCCCCCCCCC/C=C\C/C=C\CCCCCCCCCCCCCCCCCCCC(=O)NC(CO)C(O)CCCCCCCCCCCCCCCCCCCCCCCC. The number of aliphatic hydroxyl groups excluding tert-OH is 2. The van der Waals surface area contributed by atoms with Gasteiger partial charge in [-0.25, -0.2) is 0 Å². The third kappa shape index (κ3) is 79.0. The summed E-state index contributed by atoms with van der Waals surface area (Å²) < 4.78 is 5.52. The zero-order valence-corrected chi connectivity index (χ0v) is 63.3. The van der Waals surface area contributed by atoms with E-state index in [2.05, 4.69) is 55.6 Å². The molecule has 0 aliphatic heterocycles. The molecule has 0 aromatic rings. The molecule has 0 saturated carbocycles. The van der Waals surface area contributed by atoms with E-state index in [-0.39, 0.29) is 18.5 Å². The summed E-state index contributed by atoms with van der Waals surface area (Å²) in [4.78, 5) is 24.7. The van der Waals surface area contributed by atoms with Crippen molar-refractivity contribution in [2.45, 2.75) is 495 Å². The maximum atomic E-state index is 12.6. The summed E-state index contributed by atoms with van der Waals surface area (Å²) in [5.41, 5.74) is 0. The Morgan fingerprint density at radius 2 is 0.538 bits per heavy atom. The molecule has 550 valence electrons. The van der Waals surface area contributed by atoms with Gasteiger partial charge >= 0.3 is 5.97 Å². The Morgan fingerprint density at radius 1 is 0.301 bits per heavy atom. The average Bonchev–Trinajstić information content (AvgIpc) is 3.65. The van der Waals surface area contributed by atoms with E-state index in [4.69, 9.17) is 4.74 Å². The predicted molar refractivity (Wildman–Crippen MR) is 412 cm³/mol. The Labute approximate surface area is 583 Å². The van der Waals surface area contributed by atoms with E-state index in [9.17, 15) is 19.8 Å². The molecule has 0 saturated heterocycles. The van der Waals surface area contributed by atoms with Gasteiger partial charge in [0.15, 0.2) is 0 Å². The lowest BCUT2D eigenvalue weighted by Gasteiger charge is -2.22. The lowest BCUT2D eigenvalue weighted by atomic mass is 10.0. The fourth-order valence-corrected chi connectivity index (χ4v) is 13.7. The van der Waals surface area contributed by atoms with Crippen molar-refractivity contribution in [2.24, 2.45) is 0 Å². The van der Waals surface area contributed by atoms with Gasteiger partial charge in [0.2, 0.25) is 5.91 Å². The molecular weight excluding hydrogens is 1140 g/mol. The van der Waals surface area contributed by atoms with Crippen LogP contribution in [0.15, 0.2) is 36.5 Å². The van der Waals surface area contributed by atoms with E-state index >= 15 is 0 Å². The normalized spacial score (nSPS) is 12.6. The number of esters is 1. The Morgan fingerprint density at radius 3 is 0.828 bits per heavy atom. The first kappa shape index (κ1) is 91.1. The van der Waals surface area contributed by atoms with Crippen LogP contribution < -0.4 is 5.32 Å². The van der Waals surface area contributed by atoms with E-state index < -0.39 is 12.1 Å². The molecule has 0 aliphatic rings. The second-order valence-corrected chi connectivity index (χ2v) is 29.5. The molecule has 6 nitrogen and oxygen atoms in total. The van der Waals surface area contributed by atoms with Crippen LogP contribution in [0.2, 0.25) is 0 Å². The van der Waals surface area contributed by atoms with Crippen LogP contribution in [-0.2, 0) is 14.3 Å². The Bertz CT molecular complexity index is 1510. The molecule has 2 atom stereocenters.